The number of likely N-dealkylation sites (N-methyl/N-ethyl adjacent to an activating group) is 1. The lowest BCUT2D eigenvalue weighted by molar-refractivity contribution is 0.140. The molecule has 2 nitrogen and oxygen atoms in total. The molecule has 0 aliphatic rings. The summed E-state index contributed by atoms with van der Waals surface area (Å²) in [5, 5.41) is 3.06. The van der Waals surface area contributed by atoms with E-state index in [1.54, 1.807) is 0 Å². The molecule has 1 rings (SSSR count). The zero-order chi connectivity index (χ0) is 11.1. The molecule has 0 fully saturated rings. The van der Waals surface area contributed by atoms with Crippen LogP contribution in [-0.2, 0) is 11.2 Å². The van der Waals surface area contributed by atoms with E-state index < -0.39 is 0 Å². The molecule has 1 N–H and O–H groups in total. The van der Waals surface area contributed by atoms with Crippen LogP contribution in [0.25, 0.3) is 0 Å². The van der Waals surface area contributed by atoms with Crippen molar-refractivity contribution in [2.24, 2.45) is 0 Å². The average molecular weight is 207 g/mol. The van der Waals surface area contributed by atoms with Gasteiger partial charge in [-0.15, -0.1) is 0 Å². The van der Waals surface area contributed by atoms with Gasteiger partial charge in [-0.05, 0) is 44.0 Å². The van der Waals surface area contributed by atoms with Crippen molar-refractivity contribution in [2.45, 2.75) is 20.3 Å². The molecule has 0 amide bonds. The van der Waals surface area contributed by atoms with Gasteiger partial charge in [0, 0.05) is 6.54 Å². The molecule has 0 atom stereocenters. The molecule has 0 saturated heterocycles. The first kappa shape index (κ1) is 12.2. The first-order chi connectivity index (χ1) is 7.24. The normalized spacial score (nSPS) is 10.6. The maximum Gasteiger partial charge on any atom is 0.0590 e. The van der Waals surface area contributed by atoms with Gasteiger partial charge in [0.25, 0.3) is 0 Å². The van der Waals surface area contributed by atoms with Crippen LogP contribution in [-0.4, -0.2) is 26.8 Å². The smallest absolute Gasteiger partial charge is 0.0590 e. The second kappa shape index (κ2) is 6.59. The fraction of sp³-hybridized carbons (Fsp3) is 0.538. The van der Waals surface area contributed by atoms with Gasteiger partial charge in [-0.25, -0.2) is 0 Å². The summed E-state index contributed by atoms with van der Waals surface area (Å²) < 4.78 is 5.49. The molecular formula is C13H21NO. The zero-order valence-corrected chi connectivity index (χ0v) is 9.97. The number of aryl methyl sites for hydroxylation is 2. The number of rotatable bonds is 6. The van der Waals surface area contributed by atoms with E-state index in [2.05, 4.69) is 37.4 Å². The van der Waals surface area contributed by atoms with Crippen LogP contribution in [0, 0.1) is 13.8 Å². The maximum absolute atomic E-state index is 5.49. The summed E-state index contributed by atoms with van der Waals surface area (Å²) in [6.07, 6.45) is 1.00. The topological polar surface area (TPSA) is 21.3 Å². The monoisotopic (exact) mass is 207 g/mol. The first-order valence-electron chi connectivity index (χ1n) is 5.52. The molecule has 1 aromatic carbocycles. The van der Waals surface area contributed by atoms with Crippen LogP contribution in [0.4, 0.5) is 0 Å². The summed E-state index contributed by atoms with van der Waals surface area (Å²) >= 11 is 0. The van der Waals surface area contributed by atoms with E-state index in [0.29, 0.717) is 0 Å². The third-order valence-electron chi connectivity index (χ3n) is 2.60. The molecule has 0 radical (unpaired) electrons. The quantitative estimate of drug-likeness (QED) is 0.721. The Balaban J connectivity index is 2.28. The van der Waals surface area contributed by atoms with E-state index in [1.165, 1.54) is 16.7 Å². The molecule has 0 unspecified atom stereocenters. The minimum Gasteiger partial charge on any atom is -0.380 e. The Kier molecular flexibility index (Phi) is 5.37. The summed E-state index contributed by atoms with van der Waals surface area (Å²) in [6, 6.07) is 6.61. The van der Waals surface area contributed by atoms with Crippen LogP contribution in [0.2, 0.25) is 0 Å². The van der Waals surface area contributed by atoms with Crippen molar-refractivity contribution < 1.29 is 4.74 Å². The molecule has 84 valence electrons. The molecule has 0 bridgehead atoms. The Morgan fingerprint density at radius 1 is 1.13 bits per heavy atom. The van der Waals surface area contributed by atoms with E-state index in [4.69, 9.17) is 4.74 Å². The average Bonchev–Trinajstić information content (AvgIpc) is 2.23. The number of hydrogen-bond donors (Lipinski definition) is 1. The minimum atomic E-state index is 0.793. The van der Waals surface area contributed by atoms with Crippen LogP contribution in [0.3, 0.4) is 0 Å². The summed E-state index contributed by atoms with van der Waals surface area (Å²) in [5.41, 5.74) is 4.08. The van der Waals surface area contributed by atoms with Crippen molar-refractivity contribution in [3.05, 3.63) is 34.9 Å². The molecule has 0 aromatic heterocycles. The molecular weight excluding hydrogens is 186 g/mol. The lowest BCUT2D eigenvalue weighted by Crippen LogP contribution is -2.15. The third-order valence-corrected chi connectivity index (χ3v) is 2.60. The lowest BCUT2D eigenvalue weighted by Gasteiger charge is -2.06. The maximum atomic E-state index is 5.49. The van der Waals surface area contributed by atoms with E-state index in [1.807, 2.05) is 7.05 Å². The van der Waals surface area contributed by atoms with Crippen molar-refractivity contribution in [2.75, 3.05) is 26.8 Å². The van der Waals surface area contributed by atoms with Crippen molar-refractivity contribution in [1.82, 2.24) is 5.32 Å². The number of ether oxygens (including phenoxy) is 1. The number of hydrogen-bond acceptors (Lipinski definition) is 2. The predicted molar refractivity (Wildman–Crippen MR) is 64.4 cm³/mol. The summed E-state index contributed by atoms with van der Waals surface area (Å²) in [4.78, 5) is 0. The zero-order valence-electron chi connectivity index (χ0n) is 9.97. The summed E-state index contributed by atoms with van der Waals surface area (Å²) in [6.45, 7) is 6.82. The highest BCUT2D eigenvalue weighted by molar-refractivity contribution is 5.29. The highest BCUT2D eigenvalue weighted by Gasteiger charge is 1.96. The number of nitrogens with one attached hydrogen (secondary N) is 1. The molecule has 1 aromatic rings. The predicted octanol–water partition coefficient (Wildman–Crippen LogP) is 2.08. The van der Waals surface area contributed by atoms with Gasteiger partial charge in [0.05, 0.1) is 13.2 Å². The van der Waals surface area contributed by atoms with E-state index in [-0.39, 0.29) is 0 Å². The SMILES string of the molecule is CNCCOCCc1ccc(C)c(C)c1. The minimum absolute atomic E-state index is 0.793. The Bertz CT molecular complexity index is 297. The first-order valence-corrected chi connectivity index (χ1v) is 5.52. The van der Waals surface area contributed by atoms with Crippen molar-refractivity contribution in [3.8, 4) is 0 Å². The van der Waals surface area contributed by atoms with E-state index >= 15 is 0 Å². The van der Waals surface area contributed by atoms with Crippen LogP contribution < -0.4 is 5.32 Å². The molecule has 15 heavy (non-hydrogen) atoms. The molecule has 0 saturated carbocycles. The van der Waals surface area contributed by atoms with Crippen LogP contribution in [0.15, 0.2) is 18.2 Å². The summed E-state index contributed by atoms with van der Waals surface area (Å²) in [5.74, 6) is 0. The molecule has 2 heteroatoms. The lowest BCUT2D eigenvalue weighted by atomic mass is 10.0. The van der Waals surface area contributed by atoms with Crippen molar-refractivity contribution >= 4 is 0 Å². The van der Waals surface area contributed by atoms with Crippen LogP contribution >= 0.6 is 0 Å². The Morgan fingerprint density at radius 3 is 2.60 bits per heavy atom. The van der Waals surface area contributed by atoms with Crippen LogP contribution in [0.5, 0.6) is 0 Å². The molecule has 0 heterocycles. The van der Waals surface area contributed by atoms with Gasteiger partial charge in [0.2, 0.25) is 0 Å². The molecule has 0 aliphatic carbocycles. The van der Waals surface area contributed by atoms with Crippen molar-refractivity contribution in [3.63, 3.8) is 0 Å². The van der Waals surface area contributed by atoms with Gasteiger partial charge in [0.15, 0.2) is 0 Å². The van der Waals surface area contributed by atoms with Gasteiger partial charge in [0.1, 0.15) is 0 Å². The second-order valence-electron chi connectivity index (χ2n) is 3.88. The fourth-order valence-electron chi connectivity index (χ4n) is 1.43. The molecule has 0 spiro atoms. The standard InChI is InChI=1S/C13H21NO/c1-11-4-5-13(10-12(11)2)6-8-15-9-7-14-3/h4-5,10,14H,6-9H2,1-3H3. The third kappa shape index (κ3) is 4.45. The van der Waals surface area contributed by atoms with E-state index in [0.717, 1.165) is 26.2 Å². The largest absolute Gasteiger partial charge is 0.380 e. The Labute approximate surface area is 92.6 Å². The van der Waals surface area contributed by atoms with Gasteiger partial charge < -0.3 is 10.1 Å². The van der Waals surface area contributed by atoms with Gasteiger partial charge in [-0.1, -0.05) is 18.2 Å². The summed E-state index contributed by atoms with van der Waals surface area (Å²) in [7, 11) is 1.94. The highest BCUT2D eigenvalue weighted by Crippen LogP contribution is 2.10. The Hall–Kier alpha value is -0.860. The molecule has 0 aliphatic heterocycles. The van der Waals surface area contributed by atoms with Crippen LogP contribution in [0.1, 0.15) is 16.7 Å². The van der Waals surface area contributed by atoms with Gasteiger partial charge >= 0.3 is 0 Å². The van der Waals surface area contributed by atoms with Gasteiger partial charge in [-0.3, -0.25) is 0 Å². The Morgan fingerprint density at radius 2 is 1.93 bits per heavy atom. The second-order valence-corrected chi connectivity index (χ2v) is 3.88. The number of benzene rings is 1. The van der Waals surface area contributed by atoms with Crippen molar-refractivity contribution in [1.29, 1.82) is 0 Å². The van der Waals surface area contributed by atoms with E-state index in [9.17, 15) is 0 Å². The van der Waals surface area contributed by atoms with Gasteiger partial charge in [-0.2, -0.15) is 0 Å². The fourth-order valence-corrected chi connectivity index (χ4v) is 1.43. The highest BCUT2D eigenvalue weighted by atomic mass is 16.5.